The maximum absolute atomic E-state index is 13.1. The number of rotatable bonds is 6. The number of nitrogens with two attached hydrogens (primary N) is 1. The molecule has 0 aliphatic rings. The summed E-state index contributed by atoms with van der Waals surface area (Å²) in [7, 11) is 1.49. The van der Waals surface area contributed by atoms with Gasteiger partial charge in [-0.25, -0.2) is 13.2 Å². The third-order valence-electron chi connectivity index (χ3n) is 2.79. The molecule has 1 aromatic rings. The van der Waals surface area contributed by atoms with Gasteiger partial charge in [0.2, 0.25) is 5.91 Å². The molecule has 8 heteroatoms. The van der Waals surface area contributed by atoms with Gasteiger partial charge in [0.25, 0.3) is 0 Å². The first-order valence-electron chi connectivity index (χ1n) is 5.99. The molecule has 0 bridgehead atoms. The highest BCUT2D eigenvalue weighted by molar-refractivity contribution is 7.98. The molecule has 2 N–H and O–H groups in total. The van der Waals surface area contributed by atoms with Crippen LogP contribution in [-0.2, 0) is 11.3 Å². The second-order valence-corrected chi connectivity index (χ2v) is 5.44. The van der Waals surface area contributed by atoms with Crippen LogP contribution in [0, 0.1) is 17.5 Å². The van der Waals surface area contributed by atoms with Crippen LogP contribution in [-0.4, -0.2) is 35.9 Å². The number of thioether (sulfide) groups is 1. The van der Waals surface area contributed by atoms with Crippen molar-refractivity contribution in [3.8, 4) is 0 Å². The van der Waals surface area contributed by atoms with E-state index >= 15 is 0 Å². The molecule has 1 rings (SSSR count). The highest BCUT2D eigenvalue weighted by Gasteiger charge is 2.19. The summed E-state index contributed by atoms with van der Waals surface area (Å²) in [5.41, 5.74) is 5.90. The van der Waals surface area contributed by atoms with Gasteiger partial charge in [0.1, 0.15) is 0 Å². The number of hydrogen-bond donors (Lipinski definition) is 1. The molecule has 0 aromatic heterocycles. The normalized spacial score (nSPS) is 11.7. The summed E-state index contributed by atoms with van der Waals surface area (Å²) in [6, 6.07) is 1.09. The fraction of sp³-hybridized carbons (Fsp3) is 0.462. The van der Waals surface area contributed by atoms with Gasteiger partial charge in [0.15, 0.2) is 17.5 Å². The highest BCUT2D eigenvalue weighted by atomic mass is 35.5. The molecule has 3 nitrogen and oxygen atoms in total. The average molecular weight is 343 g/mol. The Morgan fingerprint density at radius 1 is 1.33 bits per heavy atom. The Bertz CT molecular complexity index is 467. The number of amides is 1. The summed E-state index contributed by atoms with van der Waals surface area (Å²) in [5.74, 6) is -3.62. The zero-order chi connectivity index (χ0) is 15.3. The minimum absolute atomic E-state index is 0. The van der Waals surface area contributed by atoms with Crippen molar-refractivity contribution < 1.29 is 18.0 Å². The van der Waals surface area contributed by atoms with Gasteiger partial charge in [0, 0.05) is 13.6 Å². The van der Waals surface area contributed by atoms with Crippen LogP contribution in [0.15, 0.2) is 12.1 Å². The Hall–Kier alpha value is -0.920. The van der Waals surface area contributed by atoms with E-state index in [9.17, 15) is 18.0 Å². The molecule has 0 unspecified atom stereocenters. The number of likely N-dealkylation sites (N-methyl/N-ethyl adjacent to an activating group) is 1. The Morgan fingerprint density at radius 2 is 1.86 bits per heavy atom. The van der Waals surface area contributed by atoms with E-state index in [0.717, 1.165) is 17.9 Å². The average Bonchev–Trinajstić information content (AvgIpc) is 2.41. The first-order chi connectivity index (χ1) is 9.36. The second kappa shape index (κ2) is 9.17. The topological polar surface area (TPSA) is 46.3 Å². The predicted octanol–water partition coefficient (Wildman–Crippen LogP) is 2.56. The monoisotopic (exact) mass is 342 g/mol. The largest absolute Gasteiger partial charge is 0.340 e. The summed E-state index contributed by atoms with van der Waals surface area (Å²) in [5, 5.41) is 0. The molecule has 1 amide bonds. The SMILES string of the molecule is CSCC[C@H](N)C(=O)N(C)Cc1cc(F)c(F)c(F)c1.Cl. The third-order valence-corrected chi connectivity index (χ3v) is 3.43. The van der Waals surface area contributed by atoms with Gasteiger partial charge in [0.05, 0.1) is 6.04 Å². The number of carbonyl (C=O) groups is 1. The predicted molar refractivity (Wildman–Crippen MR) is 81.0 cm³/mol. The van der Waals surface area contributed by atoms with E-state index in [2.05, 4.69) is 0 Å². The summed E-state index contributed by atoms with van der Waals surface area (Å²) >= 11 is 1.58. The van der Waals surface area contributed by atoms with E-state index in [1.165, 1.54) is 11.9 Å². The second-order valence-electron chi connectivity index (χ2n) is 4.46. The summed E-state index contributed by atoms with van der Waals surface area (Å²) < 4.78 is 39.0. The van der Waals surface area contributed by atoms with Gasteiger partial charge in [-0.2, -0.15) is 11.8 Å². The van der Waals surface area contributed by atoms with Crippen molar-refractivity contribution in [3.05, 3.63) is 35.1 Å². The van der Waals surface area contributed by atoms with Gasteiger partial charge in [-0.3, -0.25) is 4.79 Å². The fourth-order valence-corrected chi connectivity index (χ4v) is 2.19. The van der Waals surface area contributed by atoms with E-state index in [-0.39, 0.29) is 30.4 Å². The highest BCUT2D eigenvalue weighted by Crippen LogP contribution is 2.15. The number of carbonyl (C=O) groups excluding carboxylic acids is 1. The summed E-state index contributed by atoms with van der Waals surface area (Å²) in [4.78, 5) is 13.2. The van der Waals surface area contributed by atoms with Crippen LogP contribution >= 0.6 is 24.2 Å². The summed E-state index contributed by atoms with van der Waals surface area (Å²) in [6.07, 6.45) is 2.43. The lowest BCUT2D eigenvalue weighted by atomic mass is 10.1. The van der Waals surface area contributed by atoms with Crippen molar-refractivity contribution in [2.45, 2.75) is 19.0 Å². The number of nitrogens with zero attached hydrogens (tertiary/aromatic N) is 1. The van der Waals surface area contributed by atoms with Crippen LogP contribution in [0.2, 0.25) is 0 Å². The molecule has 0 aliphatic carbocycles. The number of halogens is 4. The van der Waals surface area contributed by atoms with Crippen LogP contribution in [0.4, 0.5) is 13.2 Å². The first kappa shape index (κ1) is 20.1. The lowest BCUT2D eigenvalue weighted by Gasteiger charge is -2.21. The molecule has 0 aliphatic heterocycles. The lowest BCUT2D eigenvalue weighted by molar-refractivity contribution is -0.131. The Balaban J connectivity index is 0.00000400. The smallest absolute Gasteiger partial charge is 0.239 e. The quantitative estimate of drug-likeness (QED) is 0.808. The van der Waals surface area contributed by atoms with Crippen LogP contribution in [0.1, 0.15) is 12.0 Å². The molecular formula is C13H18ClF3N2OS. The van der Waals surface area contributed by atoms with E-state index in [1.807, 2.05) is 6.26 Å². The van der Waals surface area contributed by atoms with Crippen molar-refractivity contribution >= 4 is 30.1 Å². The van der Waals surface area contributed by atoms with E-state index in [1.54, 1.807) is 11.8 Å². The third kappa shape index (κ3) is 5.76. The molecule has 0 spiro atoms. The molecule has 0 saturated heterocycles. The molecule has 0 saturated carbocycles. The fourth-order valence-electron chi connectivity index (χ4n) is 1.70. The van der Waals surface area contributed by atoms with Gasteiger partial charge < -0.3 is 10.6 Å². The van der Waals surface area contributed by atoms with Crippen molar-refractivity contribution in [1.82, 2.24) is 4.90 Å². The van der Waals surface area contributed by atoms with Crippen LogP contribution < -0.4 is 5.73 Å². The Morgan fingerprint density at radius 3 is 2.33 bits per heavy atom. The zero-order valence-corrected chi connectivity index (χ0v) is 13.4. The van der Waals surface area contributed by atoms with Crippen LogP contribution in [0.3, 0.4) is 0 Å². The minimum Gasteiger partial charge on any atom is -0.340 e. The van der Waals surface area contributed by atoms with Crippen LogP contribution in [0.5, 0.6) is 0 Å². The standard InChI is InChI=1S/C13H17F3N2OS.ClH/c1-18(13(19)11(17)3-4-20-2)7-8-5-9(14)12(16)10(15)6-8;/h5-6,11H,3-4,7,17H2,1-2H3;1H/t11-;/m0./s1. The van der Waals surface area contributed by atoms with E-state index < -0.39 is 23.5 Å². The zero-order valence-electron chi connectivity index (χ0n) is 11.7. The molecule has 0 heterocycles. The maximum Gasteiger partial charge on any atom is 0.239 e. The Labute approximate surface area is 132 Å². The molecule has 1 aromatic carbocycles. The minimum atomic E-state index is -1.51. The van der Waals surface area contributed by atoms with Gasteiger partial charge >= 0.3 is 0 Å². The van der Waals surface area contributed by atoms with Crippen molar-refractivity contribution in [3.63, 3.8) is 0 Å². The van der Waals surface area contributed by atoms with Crippen molar-refractivity contribution in [2.75, 3.05) is 19.1 Å². The molecular weight excluding hydrogens is 325 g/mol. The van der Waals surface area contributed by atoms with Gasteiger partial charge in [-0.05, 0) is 36.1 Å². The molecule has 120 valence electrons. The van der Waals surface area contributed by atoms with Crippen molar-refractivity contribution in [2.24, 2.45) is 5.73 Å². The molecule has 21 heavy (non-hydrogen) atoms. The molecule has 0 radical (unpaired) electrons. The first-order valence-corrected chi connectivity index (χ1v) is 7.39. The van der Waals surface area contributed by atoms with Gasteiger partial charge in [-0.1, -0.05) is 0 Å². The maximum atomic E-state index is 13.1. The van der Waals surface area contributed by atoms with Crippen molar-refractivity contribution in [1.29, 1.82) is 0 Å². The van der Waals surface area contributed by atoms with Gasteiger partial charge in [-0.15, -0.1) is 12.4 Å². The number of hydrogen-bond acceptors (Lipinski definition) is 3. The molecule has 0 fully saturated rings. The number of benzene rings is 1. The lowest BCUT2D eigenvalue weighted by Crippen LogP contribution is -2.41. The van der Waals surface area contributed by atoms with E-state index in [0.29, 0.717) is 6.42 Å². The summed E-state index contributed by atoms with van der Waals surface area (Å²) in [6.45, 7) is -0.0279. The molecule has 1 atom stereocenters. The van der Waals surface area contributed by atoms with E-state index in [4.69, 9.17) is 5.73 Å². The van der Waals surface area contributed by atoms with Crippen LogP contribution in [0.25, 0.3) is 0 Å². The Kier molecular flexibility index (Phi) is 8.77.